The Kier molecular flexibility index (Phi) is 3.18. The molecule has 0 spiro atoms. The highest BCUT2D eigenvalue weighted by Crippen LogP contribution is 2.21. The summed E-state index contributed by atoms with van der Waals surface area (Å²) in [7, 11) is 1.82. The van der Waals surface area contributed by atoms with Gasteiger partial charge in [0.2, 0.25) is 0 Å². The van der Waals surface area contributed by atoms with Crippen LogP contribution in [0.15, 0.2) is 30.6 Å². The van der Waals surface area contributed by atoms with E-state index in [0.717, 1.165) is 17.0 Å². The van der Waals surface area contributed by atoms with Crippen LogP contribution in [-0.2, 0) is 18.3 Å². The fourth-order valence-electron chi connectivity index (χ4n) is 1.68. The normalized spacial score (nSPS) is 10.4. The van der Waals surface area contributed by atoms with Crippen LogP contribution < -0.4 is 0 Å². The second kappa shape index (κ2) is 4.78. The average Bonchev–Trinajstić information content (AvgIpc) is 2.69. The van der Waals surface area contributed by atoms with Crippen LogP contribution in [0, 0.1) is 0 Å². The molecule has 2 rings (SSSR count). The van der Waals surface area contributed by atoms with Gasteiger partial charge < -0.3 is 5.11 Å². The van der Waals surface area contributed by atoms with Crippen LogP contribution in [0.25, 0.3) is 11.3 Å². The first-order valence-corrected chi connectivity index (χ1v) is 5.32. The zero-order valence-electron chi connectivity index (χ0n) is 9.50. The highest BCUT2D eigenvalue weighted by Gasteiger charge is 2.11. The maximum Gasteiger partial charge on any atom is 0.303 e. The van der Waals surface area contributed by atoms with Crippen molar-refractivity contribution in [2.24, 2.45) is 7.05 Å². The molecule has 0 atom stereocenters. The van der Waals surface area contributed by atoms with Gasteiger partial charge in [0, 0.05) is 31.4 Å². The molecular formula is C12H13N3O2. The number of carboxylic acids is 1. The smallest absolute Gasteiger partial charge is 0.303 e. The standard InChI is InChI=1S/C12H13N3O2/c1-15-8-9(10-4-2-3-7-13-10)11(14-15)5-6-12(16)17/h2-4,7-8H,5-6H2,1H3,(H,16,17). The van der Waals surface area contributed by atoms with Crippen molar-refractivity contribution in [3.63, 3.8) is 0 Å². The van der Waals surface area contributed by atoms with Gasteiger partial charge in [0.1, 0.15) is 0 Å². The number of carbonyl (C=O) groups is 1. The lowest BCUT2D eigenvalue weighted by Gasteiger charge is -1.99. The molecule has 0 aromatic carbocycles. The van der Waals surface area contributed by atoms with Gasteiger partial charge in [-0.05, 0) is 12.1 Å². The Morgan fingerprint density at radius 3 is 2.94 bits per heavy atom. The van der Waals surface area contributed by atoms with Crippen molar-refractivity contribution < 1.29 is 9.90 Å². The molecule has 0 fully saturated rings. The molecule has 2 aromatic rings. The first kappa shape index (κ1) is 11.3. The molecule has 0 aliphatic carbocycles. The molecule has 0 unspecified atom stereocenters. The van der Waals surface area contributed by atoms with E-state index in [2.05, 4.69) is 10.1 Å². The lowest BCUT2D eigenvalue weighted by molar-refractivity contribution is -0.136. The van der Waals surface area contributed by atoms with Gasteiger partial charge in [0.15, 0.2) is 0 Å². The van der Waals surface area contributed by atoms with Crippen molar-refractivity contribution in [2.75, 3.05) is 0 Å². The zero-order valence-corrected chi connectivity index (χ0v) is 9.50. The third-order valence-electron chi connectivity index (χ3n) is 2.42. The summed E-state index contributed by atoms with van der Waals surface area (Å²) >= 11 is 0. The molecule has 17 heavy (non-hydrogen) atoms. The number of nitrogens with zero attached hydrogens (tertiary/aromatic N) is 3. The van der Waals surface area contributed by atoms with Crippen molar-refractivity contribution in [1.82, 2.24) is 14.8 Å². The van der Waals surface area contributed by atoms with Crippen molar-refractivity contribution in [1.29, 1.82) is 0 Å². The van der Waals surface area contributed by atoms with E-state index >= 15 is 0 Å². The van der Waals surface area contributed by atoms with Crippen molar-refractivity contribution in [2.45, 2.75) is 12.8 Å². The highest BCUT2D eigenvalue weighted by molar-refractivity contribution is 5.68. The number of rotatable bonds is 4. The van der Waals surface area contributed by atoms with E-state index in [0.29, 0.717) is 6.42 Å². The minimum absolute atomic E-state index is 0.0802. The topological polar surface area (TPSA) is 68.0 Å². The van der Waals surface area contributed by atoms with Crippen molar-refractivity contribution >= 4 is 5.97 Å². The van der Waals surface area contributed by atoms with E-state index in [1.54, 1.807) is 10.9 Å². The van der Waals surface area contributed by atoms with E-state index in [4.69, 9.17) is 5.11 Å². The van der Waals surface area contributed by atoms with E-state index in [-0.39, 0.29) is 6.42 Å². The molecule has 0 bridgehead atoms. The van der Waals surface area contributed by atoms with Gasteiger partial charge in [-0.15, -0.1) is 0 Å². The quantitative estimate of drug-likeness (QED) is 0.865. The second-order valence-electron chi connectivity index (χ2n) is 3.77. The van der Waals surface area contributed by atoms with Crippen LogP contribution in [0.4, 0.5) is 0 Å². The molecule has 88 valence electrons. The lowest BCUT2D eigenvalue weighted by atomic mass is 10.1. The number of aliphatic carboxylic acids is 1. The molecule has 0 radical (unpaired) electrons. The number of hydrogen-bond donors (Lipinski definition) is 1. The molecule has 0 amide bonds. The van der Waals surface area contributed by atoms with Gasteiger partial charge in [-0.3, -0.25) is 14.5 Å². The average molecular weight is 231 g/mol. The van der Waals surface area contributed by atoms with Gasteiger partial charge in [-0.25, -0.2) is 0 Å². The van der Waals surface area contributed by atoms with Gasteiger partial charge in [0.25, 0.3) is 0 Å². The van der Waals surface area contributed by atoms with E-state index in [1.807, 2.05) is 31.4 Å². The molecular weight excluding hydrogens is 218 g/mol. The summed E-state index contributed by atoms with van der Waals surface area (Å²) in [5.74, 6) is -0.817. The number of aryl methyl sites for hydroxylation is 2. The van der Waals surface area contributed by atoms with Crippen LogP contribution in [-0.4, -0.2) is 25.8 Å². The number of hydrogen-bond acceptors (Lipinski definition) is 3. The van der Waals surface area contributed by atoms with E-state index in [9.17, 15) is 4.79 Å². The van der Waals surface area contributed by atoms with Gasteiger partial charge in [-0.2, -0.15) is 5.10 Å². The Morgan fingerprint density at radius 2 is 2.29 bits per heavy atom. The number of pyridine rings is 1. The molecule has 5 heteroatoms. The first-order valence-electron chi connectivity index (χ1n) is 5.32. The Morgan fingerprint density at radius 1 is 1.47 bits per heavy atom. The van der Waals surface area contributed by atoms with Gasteiger partial charge in [0.05, 0.1) is 17.8 Å². The van der Waals surface area contributed by atoms with E-state index in [1.165, 1.54) is 0 Å². The summed E-state index contributed by atoms with van der Waals surface area (Å²) in [5.41, 5.74) is 2.49. The summed E-state index contributed by atoms with van der Waals surface area (Å²) in [6, 6.07) is 5.63. The van der Waals surface area contributed by atoms with Crippen LogP contribution >= 0.6 is 0 Å². The Hall–Kier alpha value is -2.17. The van der Waals surface area contributed by atoms with Gasteiger partial charge in [-0.1, -0.05) is 6.07 Å². The predicted octanol–water partition coefficient (Wildman–Crippen LogP) is 1.50. The molecule has 0 aliphatic rings. The van der Waals surface area contributed by atoms with Crippen molar-refractivity contribution in [3.8, 4) is 11.3 Å². The van der Waals surface area contributed by atoms with Crippen molar-refractivity contribution in [3.05, 3.63) is 36.3 Å². The third-order valence-corrected chi connectivity index (χ3v) is 2.42. The van der Waals surface area contributed by atoms with Crippen LogP contribution in [0.3, 0.4) is 0 Å². The molecule has 0 saturated carbocycles. The lowest BCUT2D eigenvalue weighted by Crippen LogP contribution is -2.00. The van der Waals surface area contributed by atoms with Crippen LogP contribution in [0.5, 0.6) is 0 Å². The molecule has 5 nitrogen and oxygen atoms in total. The minimum Gasteiger partial charge on any atom is -0.481 e. The second-order valence-corrected chi connectivity index (χ2v) is 3.77. The third kappa shape index (κ3) is 2.69. The number of carboxylic acid groups (broad SMARTS) is 1. The van der Waals surface area contributed by atoms with Crippen LogP contribution in [0.2, 0.25) is 0 Å². The Labute approximate surface area is 98.7 Å². The number of aromatic nitrogens is 3. The van der Waals surface area contributed by atoms with Gasteiger partial charge >= 0.3 is 5.97 Å². The maximum absolute atomic E-state index is 10.6. The summed E-state index contributed by atoms with van der Waals surface area (Å²) < 4.78 is 1.68. The monoisotopic (exact) mass is 231 g/mol. The Balaban J connectivity index is 2.31. The minimum atomic E-state index is -0.817. The first-order chi connectivity index (χ1) is 8.16. The van der Waals surface area contributed by atoms with E-state index < -0.39 is 5.97 Å². The highest BCUT2D eigenvalue weighted by atomic mass is 16.4. The summed E-state index contributed by atoms with van der Waals surface area (Å²) in [4.78, 5) is 14.8. The molecule has 1 N–H and O–H groups in total. The Bertz CT molecular complexity index is 520. The zero-order chi connectivity index (χ0) is 12.3. The fraction of sp³-hybridized carbons (Fsp3) is 0.250. The summed E-state index contributed by atoms with van der Waals surface area (Å²) in [6.45, 7) is 0. The summed E-state index contributed by atoms with van der Waals surface area (Å²) in [6.07, 6.45) is 4.07. The fourth-order valence-corrected chi connectivity index (χ4v) is 1.68. The molecule has 2 aromatic heterocycles. The molecule has 0 saturated heterocycles. The molecule has 2 heterocycles. The molecule has 0 aliphatic heterocycles. The largest absolute Gasteiger partial charge is 0.481 e. The van der Waals surface area contributed by atoms with Crippen LogP contribution in [0.1, 0.15) is 12.1 Å². The maximum atomic E-state index is 10.6. The summed E-state index contributed by atoms with van der Waals surface area (Å²) in [5, 5.41) is 13.0. The predicted molar refractivity (Wildman–Crippen MR) is 62.4 cm³/mol. The SMILES string of the molecule is Cn1cc(-c2ccccn2)c(CCC(=O)O)n1.